The van der Waals surface area contributed by atoms with Crippen LogP contribution in [-0.4, -0.2) is 33.3 Å². The van der Waals surface area contributed by atoms with Crippen LogP contribution >= 0.6 is 0 Å². The molecule has 0 aromatic carbocycles. The highest BCUT2D eigenvalue weighted by molar-refractivity contribution is 5.80. The molecule has 1 aliphatic rings. The van der Waals surface area contributed by atoms with E-state index in [2.05, 4.69) is 20.5 Å². The molecule has 2 rings (SSSR count). The van der Waals surface area contributed by atoms with Crippen molar-refractivity contribution in [3.05, 3.63) is 11.6 Å². The summed E-state index contributed by atoms with van der Waals surface area (Å²) in [4.78, 5) is 16.8. The molecule has 2 atom stereocenters. The molecule has 1 aromatic rings. The number of hydrogen-bond donors (Lipinski definition) is 2. The van der Waals surface area contributed by atoms with E-state index in [1.807, 2.05) is 27.7 Å². The summed E-state index contributed by atoms with van der Waals surface area (Å²) in [6.07, 6.45) is 6.84. The van der Waals surface area contributed by atoms with Crippen LogP contribution in [0.2, 0.25) is 0 Å². The molecular weight excluding hydrogens is 292 g/mol. The molecule has 0 spiro atoms. The first-order valence-electron chi connectivity index (χ1n) is 8.82. The average molecular weight is 322 g/mol. The second-order valence-electron chi connectivity index (χ2n) is 6.90. The molecule has 1 fully saturated rings. The Hall–Kier alpha value is -1.43. The fourth-order valence-corrected chi connectivity index (χ4v) is 3.03. The molecule has 1 heterocycles. The van der Waals surface area contributed by atoms with E-state index in [-0.39, 0.29) is 24.0 Å². The van der Waals surface area contributed by atoms with E-state index in [4.69, 9.17) is 4.74 Å². The lowest BCUT2D eigenvalue weighted by Crippen LogP contribution is -2.40. The van der Waals surface area contributed by atoms with Crippen molar-refractivity contribution in [2.45, 2.75) is 84.5 Å². The van der Waals surface area contributed by atoms with Crippen LogP contribution in [0.15, 0.2) is 0 Å². The van der Waals surface area contributed by atoms with Crippen LogP contribution in [0.1, 0.15) is 77.0 Å². The molecule has 130 valence electrons. The summed E-state index contributed by atoms with van der Waals surface area (Å²) >= 11 is 0. The van der Waals surface area contributed by atoms with E-state index in [9.17, 15) is 4.79 Å². The van der Waals surface area contributed by atoms with Crippen molar-refractivity contribution in [2.75, 3.05) is 0 Å². The van der Waals surface area contributed by atoms with Crippen molar-refractivity contribution in [3.8, 4) is 0 Å². The standard InChI is InChI=1S/C17H30N4O2/c1-11(2)15(16-18-13(4)20-21-16)19-17(22)12(3)23-14-9-7-5-6-8-10-14/h11-12,14-15H,5-10H2,1-4H3,(H,19,22)(H,18,20,21)/t12-,15+/m0/s1. The van der Waals surface area contributed by atoms with Crippen molar-refractivity contribution >= 4 is 5.91 Å². The number of carbonyl (C=O) groups excluding carboxylic acids is 1. The Bertz CT molecular complexity index is 493. The highest BCUT2D eigenvalue weighted by Gasteiger charge is 2.26. The number of aromatic amines is 1. The van der Waals surface area contributed by atoms with Gasteiger partial charge in [0, 0.05) is 0 Å². The maximum Gasteiger partial charge on any atom is 0.249 e. The summed E-state index contributed by atoms with van der Waals surface area (Å²) in [5.41, 5.74) is 0. The number of aryl methyl sites for hydroxylation is 1. The van der Waals surface area contributed by atoms with Gasteiger partial charge in [0.05, 0.1) is 12.1 Å². The van der Waals surface area contributed by atoms with E-state index < -0.39 is 6.10 Å². The van der Waals surface area contributed by atoms with Crippen LogP contribution < -0.4 is 5.32 Å². The first-order valence-corrected chi connectivity index (χ1v) is 8.82. The number of hydrogen-bond acceptors (Lipinski definition) is 4. The number of rotatable bonds is 6. The van der Waals surface area contributed by atoms with Gasteiger partial charge in [-0.05, 0) is 32.6 Å². The molecule has 6 nitrogen and oxygen atoms in total. The van der Waals surface area contributed by atoms with Crippen molar-refractivity contribution in [1.82, 2.24) is 20.5 Å². The zero-order valence-corrected chi connectivity index (χ0v) is 14.8. The lowest BCUT2D eigenvalue weighted by molar-refractivity contribution is -0.137. The molecule has 1 saturated carbocycles. The second kappa shape index (κ2) is 8.43. The summed E-state index contributed by atoms with van der Waals surface area (Å²) in [6, 6.07) is -0.201. The van der Waals surface area contributed by atoms with Gasteiger partial charge in [0.2, 0.25) is 5.91 Å². The largest absolute Gasteiger partial charge is 0.365 e. The van der Waals surface area contributed by atoms with Gasteiger partial charge in [0.1, 0.15) is 11.9 Å². The first-order chi connectivity index (χ1) is 11.0. The number of carbonyl (C=O) groups is 1. The van der Waals surface area contributed by atoms with Crippen LogP contribution in [0.5, 0.6) is 0 Å². The number of amides is 1. The minimum absolute atomic E-state index is 0.0876. The third kappa shape index (κ3) is 5.30. The molecular formula is C17H30N4O2. The Labute approximate surface area is 138 Å². The quantitative estimate of drug-likeness (QED) is 0.789. The predicted molar refractivity (Wildman–Crippen MR) is 88.9 cm³/mol. The van der Waals surface area contributed by atoms with Crippen LogP contribution in [0.4, 0.5) is 0 Å². The van der Waals surface area contributed by atoms with Crippen molar-refractivity contribution < 1.29 is 9.53 Å². The SMILES string of the molecule is Cc1nc([C@H](NC(=O)[C@H](C)OC2CCCCCC2)C(C)C)n[nH]1. The van der Waals surface area contributed by atoms with Crippen molar-refractivity contribution in [2.24, 2.45) is 5.92 Å². The molecule has 0 unspecified atom stereocenters. The van der Waals surface area contributed by atoms with Crippen LogP contribution in [0.25, 0.3) is 0 Å². The van der Waals surface area contributed by atoms with E-state index in [0.717, 1.165) is 18.7 Å². The lowest BCUT2D eigenvalue weighted by Gasteiger charge is -2.24. The molecule has 2 N–H and O–H groups in total. The van der Waals surface area contributed by atoms with Gasteiger partial charge in [0.15, 0.2) is 5.82 Å². The van der Waals surface area contributed by atoms with Gasteiger partial charge in [-0.3, -0.25) is 9.89 Å². The van der Waals surface area contributed by atoms with Crippen molar-refractivity contribution in [1.29, 1.82) is 0 Å². The average Bonchev–Trinajstić information content (AvgIpc) is 2.76. The Balaban J connectivity index is 1.92. The van der Waals surface area contributed by atoms with Gasteiger partial charge in [-0.25, -0.2) is 4.98 Å². The summed E-state index contributed by atoms with van der Waals surface area (Å²) in [5.74, 6) is 1.50. The fraction of sp³-hybridized carbons (Fsp3) is 0.824. The van der Waals surface area contributed by atoms with Gasteiger partial charge in [-0.2, -0.15) is 5.10 Å². The molecule has 1 aliphatic carbocycles. The number of ether oxygens (including phenoxy) is 1. The van der Waals surface area contributed by atoms with E-state index in [0.29, 0.717) is 5.82 Å². The third-order valence-corrected chi connectivity index (χ3v) is 4.43. The molecule has 6 heteroatoms. The molecule has 23 heavy (non-hydrogen) atoms. The van der Waals surface area contributed by atoms with Crippen LogP contribution in [-0.2, 0) is 9.53 Å². The topological polar surface area (TPSA) is 79.9 Å². The number of aromatic nitrogens is 3. The van der Waals surface area contributed by atoms with Gasteiger partial charge in [0.25, 0.3) is 0 Å². The normalized spacial score (nSPS) is 19.3. The Kier molecular flexibility index (Phi) is 6.57. The van der Waals surface area contributed by atoms with Crippen LogP contribution in [0.3, 0.4) is 0 Å². The molecule has 0 saturated heterocycles. The minimum atomic E-state index is -0.445. The van der Waals surface area contributed by atoms with Gasteiger partial charge >= 0.3 is 0 Å². The van der Waals surface area contributed by atoms with E-state index in [1.165, 1.54) is 25.7 Å². The summed E-state index contributed by atoms with van der Waals surface area (Å²) in [6.45, 7) is 7.79. The number of nitrogens with one attached hydrogen (secondary N) is 2. The summed E-state index contributed by atoms with van der Waals surface area (Å²) in [5, 5.41) is 10.1. The maximum absolute atomic E-state index is 12.5. The predicted octanol–water partition coefficient (Wildman–Crippen LogP) is 3.05. The van der Waals surface area contributed by atoms with Gasteiger partial charge in [-0.1, -0.05) is 39.5 Å². The Morgan fingerprint density at radius 1 is 1.22 bits per heavy atom. The highest BCUT2D eigenvalue weighted by Crippen LogP contribution is 2.22. The highest BCUT2D eigenvalue weighted by atomic mass is 16.5. The Morgan fingerprint density at radius 3 is 2.39 bits per heavy atom. The van der Waals surface area contributed by atoms with E-state index >= 15 is 0 Å². The zero-order valence-electron chi connectivity index (χ0n) is 14.8. The van der Waals surface area contributed by atoms with Gasteiger partial charge < -0.3 is 10.1 Å². The molecule has 1 aromatic heterocycles. The summed E-state index contributed by atoms with van der Waals surface area (Å²) < 4.78 is 5.99. The van der Waals surface area contributed by atoms with Crippen LogP contribution in [0, 0.1) is 12.8 Å². The van der Waals surface area contributed by atoms with Gasteiger partial charge in [-0.15, -0.1) is 0 Å². The van der Waals surface area contributed by atoms with Crippen molar-refractivity contribution in [3.63, 3.8) is 0 Å². The molecule has 0 aliphatic heterocycles. The Morgan fingerprint density at radius 2 is 1.87 bits per heavy atom. The summed E-state index contributed by atoms with van der Waals surface area (Å²) in [7, 11) is 0. The molecule has 1 amide bonds. The maximum atomic E-state index is 12.5. The number of H-pyrrole nitrogens is 1. The smallest absolute Gasteiger partial charge is 0.249 e. The lowest BCUT2D eigenvalue weighted by atomic mass is 10.0. The zero-order chi connectivity index (χ0) is 16.8. The monoisotopic (exact) mass is 322 g/mol. The fourth-order valence-electron chi connectivity index (χ4n) is 3.03. The second-order valence-corrected chi connectivity index (χ2v) is 6.90. The molecule has 0 radical (unpaired) electrons. The third-order valence-electron chi connectivity index (χ3n) is 4.43. The minimum Gasteiger partial charge on any atom is -0.365 e. The first kappa shape index (κ1) is 17.9. The molecule has 0 bridgehead atoms. The number of nitrogens with zero attached hydrogens (tertiary/aromatic N) is 2. The van der Waals surface area contributed by atoms with E-state index in [1.54, 1.807) is 0 Å².